The van der Waals surface area contributed by atoms with Gasteiger partial charge in [0.15, 0.2) is 0 Å². The van der Waals surface area contributed by atoms with Gasteiger partial charge in [0.2, 0.25) is 19.2 Å². The highest BCUT2D eigenvalue weighted by Crippen LogP contribution is 2.47. The number of methoxy groups -OCH3 is 1. The maximum Gasteiger partial charge on any atom is 0.242 e. The van der Waals surface area contributed by atoms with Crippen LogP contribution in [-0.2, 0) is 33.3 Å². The molecule has 0 saturated heterocycles. The van der Waals surface area contributed by atoms with Crippen LogP contribution in [0.4, 0.5) is 5.69 Å². The summed E-state index contributed by atoms with van der Waals surface area (Å²) in [6.07, 6.45) is 0.504. The molecule has 0 radical (unpaired) electrons. The first kappa shape index (κ1) is 31.9. The van der Waals surface area contributed by atoms with Crippen molar-refractivity contribution in [2.24, 2.45) is 11.8 Å². The second-order valence-electron chi connectivity index (χ2n) is 10.8. The fourth-order valence-corrected chi connectivity index (χ4v) is 6.68. The first-order valence-corrected chi connectivity index (χ1v) is 15.9. The number of amides is 2. The zero-order valence-corrected chi connectivity index (χ0v) is 25.2. The van der Waals surface area contributed by atoms with E-state index in [-0.39, 0.29) is 30.6 Å². The van der Waals surface area contributed by atoms with Crippen LogP contribution in [0.15, 0.2) is 78.9 Å². The molecular formula is C32H42N3O5P. The molecule has 0 aliphatic rings. The molecule has 0 bridgehead atoms. The molecule has 3 unspecified atom stereocenters. The number of hydrogen-bond acceptors (Lipinski definition) is 5. The number of anilines is 1. The summed E-state index contributed by atoms with van der Waals surface area (Å²) in [4.78, 5) is 37.1. The smallest absolute Gasteiger partial charge is 0.242 e. The number of carbonyl (C=O) groups is 2. The van der Waals surface area contributed by atoms with Crippen molar-refractivity contribution in [3.05, 3.63) is 95.6 Å². The Morgan fingerprint density at radius 2 is 1.59 bits per heavy atom. The lowest BCUT2D eigenvalue weighted by molar-refractivity contribution is -0.130. The lowest BCUT2D eigenvalue weighted by atomic mass is 9.97. The Morgan fingerprint density at radius 3 is 2.22 bits per heavy atom. The summed E-state index contributed by atoms with van der Waals surface area (Å²) in [5.41, 5.74) is 3.57. The van der Waals surface area contributed by atoms with Crippen molar-refractivity contribution >= 4 is 24.9 Å². The molecule has 9 heteroatoms. The SMILES string of the molecule is CNC(=O)C(Cc1ccc(OC)cc1)NC(=O)C(CC(C)C)CP(=O)(O)Cc1cccc(NCc2ccccc2)c1. The Labute approximate surface area is 243 Å². The molecule has 0 saturated carbocycles. The minimum atomic E-state index is -3.73. The van der Waals surface area contributed by atoms with Crippen LogP contribution in [0.5, 0.6) is 5.75 Å². The van der Waals surface area contributed by atoms with Gasteiger partial charge in [0, 0.05) is 43.9 Å². The summed E-state index contributed by atoms with van der Waals surface area (Å²) in [7, 11) is -0.630. The van der Waals surface area contributed by atoms with Gasteiger partial charge in [-0.3, -0.25) is 14.2 Å². The third-order valence-corrected chi connectivity index (χ3v) is 8.68. The van der Waals surface area contributed by atoms with E-state index in [2.05, 4.69) is 16.0 Å². The number of likely N-dealkylation sites (N-methyl/N-ethyl adjacent to an activating group) is 1. The minimum absolute atomic E-state index is 0.0412. The lowest BCUT2D eigenvalue weighted by Gasteiger charge is -2.25. The Kier molecular flexibility index (Phi) is 12.0. The van der Waals surface area contributed by atoms with Gasteiger partial charge in [0.1, 0.15) is 11.8 Å². The van der Waals surface area contributed by atoms with Crippen LogP contribution in [0.1, 0.15) is 37.0 Å². The van der Waals surface area contributed by atoms with Crippen molar-refractivity contribution < 1.29 is 23.8 Å². The molecule has 0 heterocycles. The average Bonchev–Trinajstić information content (AvgIpc) is 2.95. The van der Waals surface area contributed by atoms with Gasteiger partial charge in [-0.05, 0) is 53.3 Å². The van der Waals surface area contributed by atoms with E-state index < -0.39 is 25.2 Å². The molecule has 3 rings (SSSR count). The van der Waals surface area contributed by atoms with Crippen LogP contribution in [-0.4, -0.2) is 43.1 Å². The van der Waals surface area contributed by atoms with Crippen molar-refractivity contribution in [2.45, 2.75) is 45.4 Å². The van der Waals surface area contributed by atoms with Gasteiger partial charge < -0.3 is 25.6 Å². The van der Waals surface area contributed by atoms with Gasteiger partial charge >= 0.3 is 0 Å². The van der Waals surface area contributed by atoms with E-state index in [1.807, 2.05) is 80.6 Å². The highest BCUT2D eigenvalue weighted by Gasteiger charge is 2.32. The number of benzene rings is 3. The molecule has 0 aromatic heterocycles. The van der Waals surface area contributed by atoms with E-state index in [4.69, 9.17) is 4.74 Å². The predicted molar refractivity (Wildman–Crippen MR) is 164 cm³/mol. The van der Waals surface area contributed by atoms with Crippen molar-refractivity contribution in [2.75, 3.05) is 25.6 Å². The van der Waals surface area contributed by atoms with E-state index >= 15 is 0 Å². The largest absolute Gasteiger partial charge is 0.497 e. The van der Waals surface area contributed by atoms with Crippen molar-refractivity contribution in [1.29, 1.82) is 0 Å². The van der Waals surface area contributed by atoms with E-state index in [0.717, 1.165) is 22.4 Å². The Hall–Kier alpha value is -3.61. The van der Waals surface area contributed by atoms with Crippen molar-refractivity contribution in [3.63, 3.8) is 0 Å². The molecule has 8 nitrogen and oxygen atoms in total. The third kappa shape index (κ3) is 10.7. The minimum Gasteiger partial charge on any atom is -0.497 e. The molecule has 0 fully saturated rings. The van der Waals surface area contributed by atoms with Gasteiger partial charge in [0.05, 0.1) is 7.11 Å². The fourth-order valence-electron chi connectivity index (χ4n) is 4.78. The lowest BCUT2D eigenvalue weighted by Crippen LogP contribution is -2.49. The van der Waals surface area contributed by atoms with Crippen molar-refractivity contribution in [1.82, 2.24) is 10.6 Å². The standard InChI is InChI=1S/C32H42N3O5P/c1-23(2)17-27(31(36)35-30(32(37)33-3)19-24-13-15-29(40-4)16-14-24)22-41(38,39)21-26-11-8-12-28(18-26)34-20-25-9-6-5-7-10-25/h5-16,18,23,27,30,34H,17,19-22H2,1-4H3,(H,33,37)(H,35,36)(H,38,39). The summed E-state index contributed by atoms with van der Waals surface area (Å²) >= 11 is 0. The number of nitrogens with one attached hydrogen (secondary N) is 3. The number of ether oxygens (including phenoxy) is 1. The number of rotatable bonds is 15. The molecule has 41 heavy (non-hydrogen) atoms. The van der Waals surface area contributed by atoms with Crippen LogP contribution in [0, 0.1) is 11.8 Å². The maximum absolute atomic E-state index is 13.5. The van der Waals surface area contributed by atoms with Crippen molar-refractivity contribution in [3.8, 4) is 5.75 Å². The van der Waals surface area contributed by atoms with Crippen LogP contribution < -0.4 is 20.7 Å². The maximum atomic E-state index is 13.5. The molecule has 0 spiro atoms. The second kappa shape index (κ2) is 15.4. The van der Waals surface area contributed by atoms with E-state index in [1.165, 1.54) is 7.05 Å². The Balaban J connectivity index is 1.68. The highest BCUT2D eigenvalue weighted by atomic mass is 31.2. The van der Waals surface area contributed by atoms with E-state index in [9.17, 15) is 19.0 Å². The molecule has 3 aromatic rings. The summed E-state index contributed by atoms with van der Waals surface area (Å²) in [5, 5.41) is 8.82. The molecule has 2 amide bonds. The Morgan fingerprint density at radius 1 is 0.902 bits per heavy atom. The summed E-state index contributed by atoms with van der Waals surface area (Å²) in [6, 6.07) is 23.9. The van der Waals surface area contributed by atoms with Crippen LogP contribution in [0.2, 0.25) is 0 Å². The predicted octanol–water partition coefficient (Wildman–Crippen LogP) is 5.21. The van der Waals surface area contributed by atoms with Gasteiger partial charge in [-0.2, -0.15) is 0 Å². The summed E-state index contributed by atoms with van der Waals surface area (Å²) in [6.45, 7) is 4.58. The van der Waals surface area contributed by atoms with Gasteiger partial charge in [-0.25, -0.2) is 0 Å². The average molecular weight is 580 g/mol. The highest BCUT2D eigenvalue weighted by molar-refractivity contribution is 7.57. The first-order chi connectivity index (χ1) is 19.6. The van der Waals surface area contributed by atoms with Gasteiger partial charge in [0.25, 0.3) is 0 Å². The fraction of sp³-hybridized carbons (Fsp3) is 0.375. The molecule has 0 aliphatic heterocycles. The Bertz CT molecular complexity index is 1310. The molecule has 220 valence electrons. The number of carbonyl (C=O) groups excluding carboxylic acids is 2. The quantitative estimate of drug-likeness (QED) is 0.184. The molecular weight excluding hydrogens is 537 g/mol. The van der Waals surface area contributed by atoms with Crippen LogP contribution in [0.3, 0.4) is 0 Å². The van der Waals surface area contributed by atoms with Crippen LogP contribution in [0.25, 0.3) is 0 Å². The third-order valence-electron chi connectivity index (χ3n) is 6.81. The molecule has 3 aromatic carbocycles. The molecule has 3 atom stereocenters. The molecule has 4 N–H and O–H groups in total. The summed E-state index contributed by atoms with van der Waals surface area (Å²) in [5.74, 6) is -0.620. The van der Waals surface area contributed by atoms with Gasteiger partial charge in [-0.15, -0.1) is 0 Å². The second-order valence-corrected chi connectivity index (χ2v) is 13.2. The van der Waals surface area contributed by atoms with Gasteiger partial charge in [-0.1, -0.05) is 68.4 Å². The zero-order valence-electron chi connectivity index (χ0n) is 24.3. The zero-order chi connectivity index (χ0) is 29.8. The topological polar surface area (TPSA) is 117 Å². The monoisotopic (exact) mass is 579 g/mol. The first-order valence-electron chi connectivity index (χ1n) is 13.9. The number of hydrogen-bond donors (Lipinski definition) is 4. The summed E-state index contributed by atoms with van der Waals surface area (Å²) < 4.78 is 18.7. The van der Waals surface area contributed by atoms with E-state index in [0.29, 0.717) is 18.7 Å². The molecule has 0 aliphatic carbocycles. The van der Waals surface area contributed by atoms with Crippen LogP contribution >= 0.6 is 7.37 Å². The normalized spacial score (nSPS) is 14.0. The van der Waals surface area contributed by atoms with E-state index in [1.54, 1.807) is 19.2 Å².